The number of nitrogens with zero attached hydrogens (tertiary/aromatic N) is 4. The number of hydrogen-bond acceptors (Lipinski definition) is 3. The standard InChI is InChI=1S/C16H22N4/c1-5-14(19(3)4)16-18-13-11-12(2)7-8-15(13)20(16)10-6-9-17/h7-8,11,14H,5-6,10H2,1-4H3. The molecule has 0 spiro atoms. The summed E-state index contributed by atoms with van der Waals surface area (Å²) < 4.78 is 2.20. The highest BCUT2D eigenvalue weighted by molar-refractivity contribution is 5.77. The molecule has 0 fully saturated rings. The summed E-state index contributed by atoms with van der Waals surface area (Å²) in [5, 5.41) is 8.88. The minimum atomic E-state index is 0.279. The Morgan fingerprint density at radius 1 is 1.40 bits per heavy atom. The number of imidazole rings is 1. The lowest BCUT2D eigenvalue weighted by Gasteiger charge is -2.23. The predicted octanol–water partition coefficient (Wildman–Crippen LogP) is 3.27. The summed E-state index contributed by atoms with van der Waals surface area (Å²) in [4.78, 5) is 7.02. The van der Waals surface area contributed by atoms with E-state index in [1.165, 1.54) is 5.56 Å². The second-order valence-electron chi connectivity index (χ2n) is 5.41. The van der Waals surface area contributed by atoms with Gasteiger partial charge < -0.3 is 4.57 Å². The maximum absolute atomic E-state index is 8.88. The zero-order valence-electron chi connectivity index (χ0n) is 12.7. The van der Waals surface area contributed by atoms with Crippen molar-refractivity contribution in [3.05, 3.63) is 29.6 Å². The topological polar surface area (TPSA) is 44.9 Å². The Hall–Kier alpha value is -1.86. The first-order chi connectivity index (χ1) is 9.58. The first kappa shape index (κ1) is 14.5. The van der Waals surface area contributed by atoms with Crippen molar-refractivity contribution in [3.8, 4) is 6.07 Å². The summed E-state index contributed by atoms with van der Waals surface area (Å²) in [6.45, 7) is 4.95. The van der Waals surface area contributed by atoms with Gasteiger partial charge in [0.2, 0.25) is 0 Å². The average Bonchev–Trinajstić information content (AvgIpc) is 2.74. The van der Waals surface area contributed by atoms with Gasteiger partial charge in [-0.15, -0.1) is 0 Å². The molecule has 4 heteroatoms. The predicted molar refractivity (Wildman–Crippen MR) is 81.4 cm³/mol. The third-order valence-electron chi connectivity index (χ3n) is 3.69. The second-order valence-corrected chi connectivity index (χ2v) is 5.41. The second kappa shape index (κ2) is 6.06. The number of aryl methyl sites for hydroxylation is 2. The van der Waals surface area contributed by atoms with Crippen LogP contribution in [0.1, 0.15) is 37.2 Å². The lowest BCUT2D eigenvalue weighted by Crippen LogP contribution is -2.23. The van der Waals surface area contributed by atoms with Gasteiger partial charge in [0.25, 0.3) is 0 Å². The van der Waals surface area contributed by atoms with Crippen LogP contribution in [0.15, 0.2) is 18.2 Å². The summed E-state index contributed by atoms with van der Waals surface area (Å²) in [6, 6.07) is 8.84. The summed E-state index contributed by atoms with van der Waals surface area (Å²) >= 11 is 0. The third-order valence-corrected chi connectivity index (χ3v) is 3.69. The van der Waals surface area contributed by atoms with Crippen LogP contribution in [0.3, 0.4) is 0 Å². The maximum Gasteiger partial charge on any atom is 0.127 e. The van der Waals surface area contributed by atoms with E-state index in [2.05, 4.69) is 61.7 Å². The summed E-state index contributed by atoms with van der Waals surface area (Å²) in [6.07, 6.45) is 1.51. The molecule has 106 valence electrons. The number of benzene rings is 1. The monoisotopic (exact) mass is 270 g/mol. The molecule has 0 amide bonds. The SMILES string of the molecule is CCC(c1nc2cc(C)ccc2n1CCC#N)N(C)C. The zero-order valence-corrected chi connectivity index (χ0v) is 12.7. The van der Waals surface area contributed by atoms with Crippen LogP contribution in [-0.2, 0) is 6.54 Å². The molecule has 0 aliphatic carbocycles. The number of aromatic nitrogens is 2. The van der Waals surface area contributed by atoms with Crippen molar-refractivity contribution in [1.82, 2.24) is 14.5 Å². The van der Waals surface area contributed by atoms with Gasteiger partial charge >= 0.3 is 0 Å². The molecule has 2 aromatic rings. The maximum atomic E-state index is 8.88. The van der Waals surface area contributed by atoms with E-state index >= 15 is 0 Å². The molecule has 2 rings (SSSR count). The first-order valence-electron chi connectivity index (χ1n) is 7.08. The molecule has 1 unspecified atom stereocenters. The van der Waals surface area contributed by atoms with E-state index in [1.54, 1.807) is 0 Å². The van der Waals surface area contributed by atoms with E-state index < -0.39 is 0 Å². The molecule has 0 aliphatic heterocycles. The van der Waals surface area contributed by atoms with E-state index in [9.17, 15) is 0 Å². The fraction of sp³-hybridized carbons (Fsp3) is 0.500. The lowest BCUT2D eigenvalue weighted by molar-refractivity contribution is 0.273. The largest absolute Gasteiger partial charge is 0.326 e. The fourth-order valence-corrected chi connectivity index (χ4v) is 2.69. The molecule has 1 aromatic heterocycles. The van der Waals surface area contributed by atoms with Crippen LogP contribution in [0.4, 0.5) is 0 Å². The summed E-state index contributed by atoms with van der Waals surface area (Å²) in [5.74, 6) is 1.06. The molecule has 0 N–H and O–H groups in total. The molecule has 1 heterocycles. The van der Waals surface area contributed by atoms with Crippen LogP contribution >= 0.6 is 0 Å². The number of fused-ring (bicyclic) bond motifs is 1. The van der Waals surface area contributed by atoms with Gasteiger partial charge in [-0.3, -0.25) is 4.90 Å². The molecular weight excluding hydrogens is 248 g/mol. The Morgan fingerprint density at radius 3 is 2.75 bits per heavy atom. The zero-order chi connectivity index (χ0) is 14.7. The molecule has 0 saturated heterocycles. The van der Waals surface area contributed by atoms with Crippen molar-refractivity contribution in [3.63, 3.8) is 0 Å². The van der Waals surface area contributed by atoms with Gasteiger partial charge in [-0.1, -0.05) is 13.0 Å². The first-order valence-corrected chi connectivity index (χ1v) is 7.08. The highest BCUT2D eigenvalue weighted by atomic mass is 15.2. The Labute approximate surface area is 120 Å². The van der Waals surface area contributed by atoms with Gasteiger partial charge in [0, 0.05) is 6.54 Å². The van der Waals surface area contributed by atoms with Crippen LogP contribution < -0.4 is 0 Å². The van der Waals surface area contributed by atoms with Crippen LogP contribution in [0.5, 0.6) is 0 Å². The van der Waals surface area contributed by atoms with Crippen molar-refractivity contribution >= 4 is 11.0 Å². The quantitative estimate of drug-likeness (QED) is 0.837. The average molecular weight is 270 g/mol. The van der Waals surface area contributed by atoms with Crippen molar-refractivity contribution in [2.24, 2.45) is 0 Å². The van der Waals surface area contributed by atoms with E-state index in [0.29, 0.717) is 13.0 Å². The van der Waals surface area contributed by atoms with Crippen molar-refractivity contribution in [2.75, 3.05) is 14.1 Å². The number of hydrogen-bond donors (Lipinski definition) is 0. The molecule has 0 radical (unpaired) electrons. The minimum absolute atomic E-state index is 0.279. The van der Waals surface area contributed by atoms with E-state index in [4.69, 9.17) is 10.2 Å². The van der Waals surface area contributed by atoms with Crippen LogP contribution in [0, 0.1) is 18.3 Å². The van der Waals surface area contributed by atoms with E-state index in [0.717, 1.165) is 23.3 Å². The van der Waals surface area contributed by atoms with Crippen LogP contribution in [-0.4, -0.2) is 28.5 Å². The molecular formula is C16H22N4. The van der Waals surface area contributed by atoms with Gasteiger partial charge in [-0.25, -0.2) is 4.98 Å². The summed E-state index contributed by atoms with van der Waals surface area (Å²) in [7, 11) is 4.15. The fourth-order valence-electron chi connectivity index (χ4n) is 2.69. The molecule has 1 aromatic carbocycles. The highest BCUT2D eigenvalue weighted by Crippen LogP contribution is 2.26. The van der Waals surface area contributed by atoms with Crippen molar-refractivity contribution in [1.29, 1.82) is 5.26 Å². The summed E-state index contributed by atoms with van der Waals surface area (Å²) in [5.41, 5.74) is 3.37. The van der Waals surface area contributed by atoms with E-state index in [1.807, 2.05) is 0 Å². The Kier molecular flexibility index (Phi) is 4.41. The van der Waals surface area contributed by atoms with Gasteiger partial charge in [0.15, 0.2) is 0 Å². The van der Waals surface area contributed by atoms with Crippen molar-refractivity contribution < 1.29 is 0 Å². The highest BCUT2D eigenvalue weighted by Gasteiger charge is 2.20. The minimum Gasteiger partial charge on any atom is -0.326 e. The third kappa shape index (κ3) is 2.68. The molecule has 0 saturated carbocycles. The Morgan fingerprint density at radius 2 is 2.15 bits per heavy atom. The van der Waals surface area contributed by atoms with Gasteiger partial charge in [-0.05, 0) is 45.1 Å². The van der Waals surface area contributed by atoms with Gasteiger partial charge in [0.05, 0.1) is 29.6 Å². The van der Waals surface area contributed by atoms with Gasteiger partial charge in [0.1, 0.15) is 5.82 Å². The van der Waals surface area contributed by atoms with Crippen LogP contribution in [0.2, 0.25) is 0 Å². The smallest absolute Gasteiger partial charge is 0.127 e. The molecule has 20 heavy (non-hydrogen) atoms. The molecule has 0 aliphatic rings. The number of rotatable bonds is 5. The molecule has 1 atom stereocenters. The lowest BCUT2D eigenvalue weighted by atomic mass is 10.2. The van der Waals surface area contributed by atoms with Crippen LogP contribution in [0.25, 0.3) is 11.0 Å². The molecule has 0 bridgehead atoms. The normalized spacial score (nSPS) is 12.8. The van der Waals surface area contributed by atoms with E-state index in [-0.39, 0.29) is 6.04 Å². The van der Waals surface area contributed by atoms with Crippen molar-refractivity contribution in [2.45, 2.75) is 39.3 Å². The molecule has 4 nitrogen and oxygen atoms in total. The number of nitriles is 1. The Balaban J connectivity index is 2.59. The Bertz CT molecular complexity index is 634. The van der Waals surface area contributed by atoms with Gasteiger partial charge in [-0.2, -0.15) is 5.26 Å².